The number of hydrogen-bond acceptors (Lipinski definition) is 4. The monoisotopic (exact) mass is 317 g/mol. The molecule has 0 spiro atoms. The minimum absolute atomic E-state index is 0.319. The summed E-state index contributed by atoms with van der Waals surface area (Å²) in [5.74, 6) is -0.341. The lowest BCUT2D eigenvalue weighted by molar-refractivity contribution is 0.102. The molecular formula is C15H12ClN3OS. The predicted octanol–water partition coefficient (Wildman–Crippen LogP) is 3.60. The second-order valence-corrected chi connectivity index (χ2v) is 6.40. The summed E-state index contributed by atoms with van der Waals surface area (Å²) in [6.07, 6.45) is 2.96. The Labute approximate surface area is 131 Å². The number of fused-ring (bicyclic) bond motifs is 1. The third-order valence-corrected chi connectivity index (χ3v) is 4.96. The molecule has 6 heteroatoms. The van der Waals surface area contributed by atoms with Crippen LogP contribution in [0.25, 0.3) is 0 Å². The number of rotatable bonds is 2. The van der Waals surface area contributed by atoms with Crippen molar-refractivity contribution in [1.29, 1.82) is 5.26 Å². The number of nitriles is 1. The standard InChI is InChI=1S/C15H12ClN3OS/c16-8-4-5-12(18)10(6-8)14(20)19-15-11(7-17)9-2-1-3-13(9)21-15/h4-6H,1-3,18H2,(H,19,20). The highest BCUT2D eigenvalue weighted by molar-refractivity contribution is 7.16. The zero-order valence-electron chi connectivity index (χ0n) is 11.1. The van der Waals surface area contributed by atoms with E-state index in [-0.39, 0.29) is 5.91 Å². The van der Waals surface area contributed by atoms with E-state index in [4.69, 9.17) is 17.3 Å². The van der Waals surface area contributed by atoms with E-state index in [0.29, 0.717) is 26.8 Å². The number of nitrogens with one attached hydrogen (secondary N) is 1. The molecule has 1 amide bonds. The molecule has 21 heavy (non-hydrogen) atoms. The van der Waals surface area contributed by atoms with Gasteiger partial charge in [-0.15, -0.1) is 11.3 Å². The van der Waals surface area contributed by atoms with E-state index in [9.17, 15) is 10.1 Å². The fraction of sp³-hybridized carbons (Fsp3) is 0.200. The molecule has 0 unspecified atom stereocenters. The van der Waals surface area contributed by atoms with E-state index in [2.05, 4.69) is 11.4 Å². The van der Waals surface area contributed by atoms with Crippen LogP contribution in [0.15, 0.2) is 18.2 Å². The van der Waals surface area contributed by atoms with Gasteiger partial charge in [0, 0.05) is 15.6 Å². The summed E-state index contributed by atoms with van der Waals surface area (Å²) >= 11 is 7.38. The highest BCUT2D eigenvalue weighted by atomic mass is 35.5. The van der Waals surface area contributed by atoms with Crippen LogP contribution in [0, 0.1) is 11.3 Å². The molecule has 4 nitrogen and oxygen atoms in total. The van der Waals surface area contributed by atoms with Gasteiger partial charge in [0.1, 0.15) is 11.1 Å². The largest absolute Gasteiger partial charge is 0.398 e. The van der Waals surface area contributed by atoms with Crippen LogP contribution in [0.5, 0.6) is 0 Å². The second-order valence-electron chi connectivity index (χ2n) is 4.86. The minimum Gasteiger partial charge on any atom is -0.398 e. The molecule has 0 fully saturated rings. The molecule has 1 aliphatic rings. The van der Waals surface area contributed by atoms with Crippen molar-refractivity contribution < 1.29 is 4.79 Å². The van der Waals surface area contributed by atoms with E-state index in [1.165, 1.54) is 22.3 Å². The fourth-order valence-corrected chi connectivity index (χ4v) is 3.91. The van der Waals surface area contributed by atoms with Crippen LogP contribution < -0.4 is 11.1 Å². The smallest absolute Gasteiger partial charge is 0.258 e. The van der Waals surface area contributed by atoms with E-state index in [1.807, 2.05) is 0 Å². The number of carbonyl (C=O) groups excluding carboxylic acids is 1. The Hall–Kier alpha value is -2.03. The number of carbonyl (C=O) groups is 1. The van der Waals surface area contributed by atoms with Crippen LogP contribution in [0.4, 0.5) is 10.7 Å². The normalized spacial score (nSPS) is 12.8. The van der Waals surface area contributed by atoms with E-state index in [1.54, 1.807) is 12.1 Å². The Morgan fingerprint density at radius 2 is 2.24 bits per heavy atom. The molecule has 2 aromatic rings. The van der Waals surface area contributed by atoms with Crippen molar-refractivity contribution in [3.8, 4) is 6.07 Å². The Bertz CT molecular complexity index is 776. The maximum Gasteiger partial charge on any atom is 0.258 e. The third kappa shape index (κ3) is 2.48. The van der Waals surface area contributed by atoms with Crippen molar-refractivity contribution in [1.82, 2.24) is 0 Å². The van der Waals surface area contributed by atoms with Crippen molar-refractivity contribution >= 4 is 39.5 Å². The molecule has 0 atom stereocenters. The van der Waals surface area contributed by atoms with Crippen molar-refractivity contribution in [2.24, 2.45) is 0 Å². The number of anilines is 2. The molecule has 1 aliphatic carbocycles. The number of nitrogens with zero attached hydrogens (tertiary/aromatic N) is 1. The topological polar surface area (TPSA) is 78.9 Å². The van der Waals surface area contributed by atoms with Gasteiger partial charge in [0.2, 0.25) is 0 Å². The molecule has 3 rings (SSSR count). The summed E-state index contributed by atoms with van der Waals surface area (Å²) in [5, 5.41) is 13.2. The molecule has 1 aromatic carbocycles. The van der Waals surface area contributed by atoms with Crippen molar-refractivity contribution in [3.63, 3.8) is 0 Å². The van der Waals surface area contributed by atoms with Gasteiger partial charge in [0.15, 0.2) is 0 Å². The summed E-state index contributed by atoms with van der Waals surface area (Å²) in [6.45, 7) is 0. The van der Waals surface area contributed by atoms with Crippen LogP contribution in [0.3, 0.4) is 0 Å². The number of nitrogen functional groups attached to an aromatic ring is 1. The lowest BCUT2D eigenvalue weighted by Gasteiger charge is -2.07. The first-order chi connectivity index (χ1) is 10.1. The van der Waals surface area contributed by atoms with Gasteiger partial charge in [-0.25, -0.2) is 0 Å². The van der Waals surface area contributed by atoms with Crippen molar-refractivity contribution in [2.45, 2.75) is 19.3 Å². The first-order valence-electron chi connectivity index (χ1n) is 6.51. The molecule has 0 saturated heterocycles. The van der Waals surface area contributed by atoms with Crippen LogP contribution in [-0.4, -0.2) is 5.91 Å². The van der Waals surface area contributed by atoms with Crippen LogP contribution in [0.2, 0.25) is 5.02 Å². The summed E-state index contributed by atoms with van der Waals surface area (Å²) in [5.41, 5.74) is 8.15. The Morgan fingerprint density at radius 1 is 1.43 bits per heavy atom. The maximum absolute atomic E-state index is 12.3. The van der Waals surface area contributed by atoms with Gasteiger partial charge in [-0.3, -0.25) is 4.79 Å². The molecule has 0 radical (unpaired) electrons. The van der Waals surface area contributed by atoms with Crippen molar-refractivity contribution in [2.75, 3.05) is 11.1 Å². The van der Waals surface area contributed by atoms with E-state index >= 15 is 0 Å². The quantitative estimate of drug-likeness (QED) is 0.831. The number of halogens is 1. The number of benzene rings is 1. The average molecular weight is 318 g/mol. The molecule has 0 bridgehead atoms. The Morgan fingerprint density at radius 3 is 3.00 bits per heavy atom. The van der Waals surface area contributed by atoms with Crippen LogP contribution in [-0.2, 0) is 12.8 Å². The highest BCUT2D eigenvalue weighted by Crippen LogP contribution is 2.38. The SMILES string of the molecule is N#Cc1c(NC(=O)c2cc(Cl)ccc2N)sc2c1CCC2. The molecule has 1 aromatic heterocycles. The Kier molecular flexibility index (Phi) is 3.58. The second kappa shape index (κ2) is 5.40. The third-order valence-electron chi connectivity index (χ3n) is 3.52. The van der Waals surface area contributed by atoms with Gasteiger partial charge < -0.3 is 11.1 Å². The number of thiophene rings is 1. The summed E-state index contributed by atoms with van der Waals surface area (Å²) in [4.78, 5) is 13.5. The van der Waals surface area contributed by atoms with Crippen LogP contribution in [0.1, 0.15) is 32.8 Å². The average Bonchev–Trinajstić information content (AvgIpc) is 3.01. The first-order valence-corrected chi connectivity index (χ1v) is 7.70. The summed E-state index contributed by atoms with van der Waals surface area (Å²) in [6, 6.07) is 6.95. The Balaban J connectivity index is 1.92. The summed E-state index contributed by atoms with van der Waals surface area (Å²) in [7, 11) is 0. The van der Waals surface area contributed by atoms with Crippen molar-refractivity contribution in [3.05, 3.63) is 44.8 Å². The number of nitrogens with two attached hydrogens (primary N) is 1. The molecule has 0 saturated carbocycles. The van der Waals surface area contributed by atoms with Gasteiger partial charge in [-0.1, -0.05) is 11.6 Å². The molecule has 0 aliphatic heterocycles. The van der Waals surface area contributed by atoms with E-state index in [0.717, 1.165) is 24.8 Å². The lowest BCUT2D eigenvalue weighted by atomic mass is 10.1. The number of aryl methyl sites for hydroxylation is 1. The molecule has 3 N–H and O–H groups in total. The van der Waals surface area contributed by atoms with Gasteiger partial charge in [-0.2, -0.15) is 5.26 Å². The fourth-order valence-electron chi connectivity index (χ4n) is 2.51. The van der Waals surface area contributed by atoms with E-state index < -0.39 is 0 Å². The predicted molar refractivity (Wildman–Crippen MR) is 84.9 cm³/mol. The minimum atomic E-state index is -0.341. The molecule has 106 valence electrons. The van der Waals surface area contributed by atoms with Gasteiger partial charge in [0.05, 0.1) is 11.1 Å². The van der Waals surface area contributed by atoms with Crippen LogP contribution >= 0.6 is 22.9 Å². The first kappa shape index (κ1) is 13.9. The van der Waals surface area contributed by atoms with Gasteiger partial charge in [-0.05, 0) is 43.0 Å². The van der Waals surface area contributed by atoms with Gasteiger partial charge >= 0.3 is 0 Å². The van der Waals surface area contributed by atoms with Gasteiger partial charge in [0.25, 0.3) is 5.91 Å². The molecule has 1 heterocycles. The summed E-state index contributed by atoms with van der Waals surface area (Å²) < 4.78 is 0. The highest BCUT2D eigenvalue weighted by Gasteiger charge is 2.23. The molecular weight excluding hydrogens is 306 g/mol. The zero-order valence-corrected chi connectivity index (χ0v) is 12.6. The number of hydrogen-bond donors (Lipinski definition) is 2. The number of amides is 1. The maximum atomic E-state index is 12.3. The lowest BCUT2D eigenvalue weighted by Crippen LogP contribution is -2.14. The zero-order chi connectivity index (χ0) is 15.0.